The molecule has 3 aromatic rings. The molecule has 7 nitrogen and oxygen atoms in total. The molecule has 0 aliphatic carbocycles. The number of nitrogens with one attached hydrogen (secondary N) is 1. The highest BCUT2D eigenvalue weighted by molar-refractivity contribution is 6.02. The molecule has 1 N–H and O–H groups in total. The number of anilines is 2. The highest BCUT2D eigenvalue weighted by Gasteiger charge is 2.33. The van der Waals surface area contributed by atoms with Gasteiger partial charge in [-0.2, -0.15) is 5.10 Å². The van der Waals surface area contributed by atoms with Crippen LogP contribution in [0.15, 0.2) is 42.9 Å². The number of hydrogen-bond donors (Lipinski definition) is 1. The van der Waals surface area contributed by atoms with E-state index in [0.29, 0.717) is 6.54 Å². The maximum atomic E-state index is 12.8. The number of benzene rings is 1. The summed E-state index contributed by atoms with van der Waals surface area (Å²) >= 11 is 0. The molecule has 4 rings (SSSR count). The van der Waals surface area contributed by atoms with Crippen molar-refractivity contribution in [2.24, 2.45) is 7.05 Å². The topological polar surface area (TPSA) is 72.3 Å². The van der Waals surface area contributed by atoms with Gasteiger partial charge in [-0.1, -0.05) is 12.1 Å². The van der Waals surface area contributed by atoms with Gasteiger partial charge in [-0.15, -0.1) is 0 Å². The summed E-state index contributed by atoms with van der Waals surface area (Å²) in [7, 11) is 3.47. The number of methoxy groups -OCH3 is 1. The van der Waals surface area contributed by atoms with Crippen LogP contribution in [0.3, 0.4) is 0 Å². The lowest BCUT2D eigenvalue weighted by Crippen LogP contribution is -2.33. The predicted octanol–water partition coefficient (Wildman–Crippen LogP) is 2.19. The van der Waals surface area contributed by atoms with Crippen LogP contribution in [0.1, 0.15) is 6.42 Å². The second-order valence-corrected chi connectivity index (χ2v) is 6.06. The van der Waals surface area contributed by atoms with Crippen LogP contribution in [0.4, 0.5) is 11.4 Å². The van der Waals surface area contributed by atoms with Crippen molar-refractivity contribution in [3.05, 3.63) is 42.9 Å². The van der Waals surface area contributed by atoms with E-state index in [0.717, 1.165) is 34.4 Å². The number of hydrogen-bond acceptors (Lipinski definition) is 5. The van der Waals surface area contributed by atoms with Crippen molar-refractivity contribution in [3.8, 4) is 5.75 Å². The number of carbonyl (C=O) groups excluding carboxylic acids is 1. The second-order valence-electron chi connectivity index (χ2n) is 6.06. The second kappa shape index (κ2) is 6.08. The fraction of sp³-hybridized carbons (Fsp3) is 0.278. The summed E-state index contributed by atoms with van der Waals surface area (Å²) < 4.78 is 7.08. The molecule has 0 radical (unpaired) electrons. The number of aromatic nitrogens is 3. The maximum absolute atomic E-state index is 12.8. The van der Waals surface area contributed by atoms with E-state index in [1.807, 2.05) is 37.5 Å². The SMILES string of the molecule is COc1cccc2c(NC3CCN(c4cnn(C)c4)C3=O)ccnc12. The Labute approximate surface area is 145 Å². The van der Waals surface area contributed by atoms with Crippen LogP contribution in [0.25, 0.3) is 10.9 Å². The van der Waals surface area contributed by atoms with Gasteiger partial charge in [0, 0.05) is 37.1 Å². The minimum absolute atomic E-state index is 0.0564. The third-order valence-electron chi connectivity index (χ3n) is 4.49. The number of pyridine rings is 1. The summed E-state index contributed by atoms with van der Waals surface area (Å²) in [5.74, 6) is 0.775. The molecular weight excluding hydrogens is 318 g/mol. The van der Waals surface area contributed by atoms with E-state index < -0.39 is 0 Å². The number of fused-ring (bicyclic) bond motifs is 1. The first kappa shape index (κ1) is 15.4. The Bertz CT molecular complexity index is 936. The van der Waals surface area contributed by atoms with Crippen molar-refractivity contribution >= 4 is 28.2 Å². The number of nitrogens with zero attached hydrogens (tertiary/aromatic N) is 4. The standard InChI is InChI=1S/C18H19N5O2/c1-22-11-12(10-20-22)23-9-7-15(18(23)24)21-14-6-8-19-17-13(14)4-3-5-16(17)25-2/h3-6,8,10-11,15H,7,9H2,1-2H3,(H,19,21). The Morgan fingerprint density at radius 1 is 1.32 bits per heavy atom. The molecule has 128 valence electrons. The fourth-order valence-electron chi connectivity index (χ4n) is 3.25. The first-order chi connectivity index (χ1) is 12.2. The summed E-state index contributed by atoms with van der Waals surface area (Å²) in [5.41, 5.74) is 2.50. The van der Waals surface area contributed by atoms with Crippen molar-refractivity contribution in [2.75, 3.05) is 23.9 Å². The third kappa shape index (κ3) is 2.67. The quantitative estimate of drug-likeness (QED) is 0.790. The lowest BCUT2D eigenvalue weighted by Gasteiger charge is -2.17. The minimum Gasteiger partial charge on any atom is -0.494 e. The van der Waals surface area contributed by atoms with Crippen LogP contribution >= 0.6 is 0 Å². The summed E-state index contributed by atoms with van der Waals surface area (Å²) in [5, 5.41) is 8.46. The zero-order valence-corrected chi connectivity index (χ0v) is 14.1. The lowest BCUT2D eigenvalue weighted by atomic mass is 10.1. The molecule has 1 aliphatic rings. The van der Waals surface area contributed by atoms with E-state index in [1.165, 1.54) is 0 Å². The van der Waals surface area contributed by atoms with Gasteiger partial charge >= 0.3 is 0 Å². The van der Waals surface area contributed by atoms with Gasteiger partial charge in [-0.25, -0.2) is 0 Å². The number of amides is 1. The van der Waals surface area contributed by atoms with Crippen molar-refractivity contribution in [1.82, 2.24) is 14.8 Å². The number of rotatable bonds is 4. The molecule has 1 saturated heterocycles. The van der Waals surface area contributed by atoms with Gasteiger partial charge in [0.05, 0.1) is 19.0 Å². The molecule has 0 spiro atoms. The van der Waals surface area contributed by atoms with Gasteiger partial charge in [0.1, 0.15) is 17.3 Å². The zero-order chi connectivity index (χ0) is 17.4. The van der Waals surface area contributed by atoms with Gasteiger partial charge in [-0.3, -0.25) is 14.5 Å². The molecule has 3 heterocycles. The van der Waals surface area contributed by atoms with Gasteiger partial charge in [-0.05, 0) is 18.6 Å². The predicted molar refractivity (Wildman–Crippen MR) is 95.9 cm³/mol. The average Bonchev–Trinajstić information content (AvgIpc) is 3.21. The number of aryl methyl sites for hydroxylation is 1. The van der Waals surface area contributed by atoms with Gasteiger partial charge < -0.3 is 15.0 Å². The molecule has 0 saturated carbocycles. The molecule has 0 bridgehead atoms. The van der Waals surface area contributed by atoms with E-state index in [1.54, 1.807) is 29.1 Å². The molecule has 1 aliphatic heterocycles. The Balaban J connectivity index is 1.61. The Hall–Kier alpha value is -3.09. The molecule has 7 heteroatoms. The molecule has 1 aromatic carbocycles. The number of para-hydroxylation sites is 1. The molecule has 2 aromatic heterocycles. The van der Waals surface area contributed by atoms with Crippen LogP contribution in [-0.2, 0) is 11.8 Å². The van der Waals surface area contributed by atoms with Gasteiger partial charge in [0.2, 0.25) is 5.91 Å². The smallest absolute Gasteiger partial charge is 0.249 e. The van der Waals surface area contributed by atoms with Gasteiger partial charge in [0.25, 0.3) is 0 Å². The van der Waals surface area contributed by atoms with Crippen LogP contribution < -0.4 is 15.0 Å². The van der Waals surface area contributed by atoms with E-state index in [4.69, 9.17) is 4.74 Å². The van der Waals surface area contributed by atoms with Crippen LogP contribution in [0, 0.1) is 0 Å². The van der Waals surface area contributed by atoms with Crippen molar-refractivity contribution < 1.29 is 9.53 Å². The van der Waals surface area contributed by atoms with Crippen LogP contribution in [-0.4, -0.2) is 40.4 Å². The van der Waals surface area contributed by atoms with E-state index in [-0.39, 0.29) is 11.9 Å². The van der Waals surface area contributed by atoms with E-state index in [2.05, 4.69) is 15.4 Å². The summed E-state index contributed by atoms with van der Waals surface area (Å²) in [6.45, 7) is 0.675. The molecule has 1 atom stereocenters. The lowest BCUT2D eigenvalue weighted by molar-refractivity contribution is -0.117. The number of ether oxygens (including phenoxy) is 1. The van der Waals surface area contributed by atoms with Crippen LogP contribution in [0.5, 0.6) is 5.75 Å². The summed E-state index contributed by atoms with van der Waals surface area (Å²) in [6, 6.07) is 7.40. The number of carbonyl (C=O) groups is 1. The van der Waals surface area contributed by atoms with Crippen molar-refractivity contribution in [2.45, 2.75) is 12.5 Å². The fourth-order valence-corrected chi connectivity index (χ4v) is 3.25. The largest absolute Gasteiger partial charge is 0.494 e. The summed E-state index contributed by atoms with van der Waals surface area (Å²) in [6.07, 6.45) is 6.03. The first-order valence-corrected chi connectivity index (χ1v) is 8.15. The Morgan fingerprint density at radius 2 is 2.20 bits per heavy atom. The molecule has 1 fully saturated rings. The normalized spacial score (nSPS) is 17.3. The first-order valence-electron chi connectivity index (χ1n) is 8.15. The molecular formula is C18H19N5O2. The maximum Gasteiger partial charge on any atom is 0.249 e. The highest BCUT2D eigenvalue weighted by atomic mass is 16.5. The van der Waals surface area contributed by atoms with E-state index >= 15 is 0 Å². The van der Waals surface area contributed by atoms with Crippen molar-refractivity contribution in [1.29, 1.82) is 0 Å². The molecule has 1 unspecified atom stereocenters. The monoisotopic (exact) mass is 337 g/mol. The van der Waals surface area contributed by atoms with Gasteiger partial charge in [0.15, 0.2) is 0 Å². The summed E-state index contributed by atoms with van der Waals surface area (Å²) in [4.78, 5) is 18.9. The van der Waals surface area contributed by atoms with Crippen molar-refractivity contribution in [3.63, 3.8) is 0 Å². The average molecular weight is 337 g/mol. The Kier molecular flexibility index (Phi) is 3.76. The molecule has 25 heavy (non-hydrogen) atoms. The zero-order valence-electron chi connectivity index (χ0n) is 14.1. The third-order valence-corrected chi connectivity index (χ3v) is 4.49. The minimum atomic E-state index is -0.267. The highest BCUT2D eigenvalue weighted by Crippen LogP contribution is 2.30. The molecule has 1 amide bonds. The Morgan fingerprint density at radius 3 is 2.96 bits per heavy atom. The van der Waals surface area contributed by atoms with E-state index in [9.17, 15) is 4.79 Å². The van der Waals surface area contributed by atoms with Crippen LogP contribution in [0.2, 0.25) is 0 Å².